The standard InChI is InChI=1S/C16H21NO2/c1-13(2)9-10-17(16(19)11-14(3)18)12-15-7-5-4-6-8-15/h4-9H,10-12H2,1-3H3. The van der Waals surface area contributed by atoms with Crippen LogP contribution in [0.1, 0.15) is 32.8 Å². The fraction of sp³-hybridized carbons (Fsp3) is 0.375. The molecular weight excluding hydrogens is 238 g/mol. The van der Waals surface area contributed by atoms with E-state index in [0.29, 0.717) is 13.1 Å². The lowest BCUT2D eigenvalue weighted by molar-refractivity contribution is -0.134. The molecule has 3 heteroatoms. The first kappa shape index (κ1) is 15.2. The van der Waals surface area contributed by atoms with Crippen LogP contribution in [-0.2, 0) is 16.1 Å². The predicted octanol–water partition coefficient (Wildman–Crippen LogP) is 2.96. The lowest BCUT2D eigenvalue weighted by Crippen LogP contribution is -2.32. The van der Waals surface area contributed by atoms with Crippen LogP contribution >= 0.6 is 0 Å². The number of hydrogen-bond acceptors (Lipinski definition) is 2. The lowest BCUT2D eigenvalue weighted by atomic mass is 10.2. The highest BCUT2D eigenvalue weighted by molar-refractivity contribution is 5.96. The minimum absolute atomic E-state index is 0.0244. The molecule has 0 aliphatic rings. The van der Waals surface area contributed by atoms with E-state index in [1.807, 2.05) is 50.3 Å². The van der Waals surface area contributed by atoms with Crippen LogP contribution in [0.25, 0.3) is 0 Å². The van der Waals surface area contributed by atoms with Gasteiger partial charge in [-0.3, -0.25) is 9.59 Å². The molecule has 0 radical (unpaired) electrons. The topological polar surface area (TPSA) is 37.4 Å². The Hall–Kier alpha value is -1.90. The fourth-order valence-electron chi connectivity index (χ4n) is 1.68. The molecule has 0 aliphatic carbocycles. The van der Waals surface area contributed by atoms with Crippen LogP contribution in [0.3, 0.4) is 0 Å². The van der Waals surface area contributed by atoms with Crippen molar-refractivity contribution in [1.82, 2.24) is 4.90 Å². The van der Waals surface area contributed by atoms with Crippen molar-refractivity contribution in [3.63, 3.8) is 0 Å². The maximum atomic E-state index is 12.0. The zero-order valence-electron chi connectivity index (χ0n) is 11.8. The Morgan fingerprint density at radius 3 is 2.26 bits per heavy atom. The summed E-state index contributed by atoms with van der Waals surface area (Å²) in [6.45, 7) is 6.52. The Morgan fingerprint density at radius 2 is 1.74 bits per heavy atom. The van der Waals surface area contributed by atoms with E-state index in [2.05, 4.69) is 0 Å². The van der Waals surface area contributed by atoms with Gasteiger partial charge < -0.3 is 4.90 Å². The molecule has 0 heterocycles. The van der Waals surface area contributed by atoms with Gasteiger partial charge in [0.1, 0.15) is 5.78 Å². The molecule has 3 nitrogen and oxygen atoms in total. The van der Waals surface area contributed by atoms with Gasteiger partial charge in [0, 0.05) is 13.1 Å². The number of carbonyl (C=O) groups excluding carboxylic acids is 2. The van der Waals surface area contributed by atoms with Crippen molar-refractivity contribution >= 4 is 11.7 Å². The highest BCUT2D eigenvalue weighted by atomic mass is 16.2. The molecule has 0 bridgehead atoms. The summed E-state index contributed by atoms with van der Waals surface area (Å²) in [6, 6.07) is 9.81. The first-order chi connectivity index (χ1) is 8.99. The highest BCUT2D eigenvalue weighted by Gasteiger charge is 2.14. The zero-order chi connectivity index (χ0) is 14.3. The fourth-order valence-corrected chi connectivity index (χ4v) is 1.68. The SMILES string of the molecule is CC(=O)CC(=O)N(CC=C(C)C)Cc1ccccc1. The van der Waals surface area contributed by atoms with Crippen molar-refractivity contribution in [3.8, 4) is 0 Å². The van der Waals surface area contributed by atoms with Gasteiger partial charge in [-0.25, -0.2) is 0 Å². The van der Waals surface area contributed by atoms with Crippen LogP contribution in [0.15, 0.2) is 42.0 Å². The average Bonchev–Trinajstić information content (AvgIpc) is 2.34. The van der Waals surface area contributed by atoms with Crippen molar-refractivity contribution in [2.45, 2.75) is 33.7 Å². The lowest BCUT2D eigenvalue weighted by Gasteiger charge is -2.21. The van der Waals surface area contributed by atoms with E-state index in [1.54, 1.807) is 4.90 Å². The smallest absolute Gasteiger partial charge is 0.230 e. The second kappa shape index (κ2) is 7.52. The van der Waals surface area contributed by atoms with Gasteiger partial charge in [0.05, 0.1) is 6.42 Å². The molecule has 102 valence electrons. The van der Waals surface area contributed by atoms with Crippen molar-refractivity contribution in [1.29, 1.82) is 0 Å². The summed E-state index contributed by atoms with van der Waals surface area (Å²) in [4.78, 5) is 24.8. The number of ketones is 1. The van der Waals surface area contributed by atoms with Gasteiger partial charge in [-0.15, -0.1) is 0 Å². The zero-order valence-corrected chi connectivity index (χ0v) is 11.8. The van der Waals surface area contributed by atoms with Crippen LogP contribution in [-0.4, -0.2) is 23.1 Å². The monoisotopic (exact) mass is 259 g/mol. The number of benzene rings is 1. The number of Topliss-reactive ketones (excluding diaryl/α,β-unsaturated/α-hetero) is 1. The first-order valence-corrected chi connectivity index (χ1v) is 6.43. The largest absolute Gasteiger partial charge is 0.334 e. The molecule has 1 amide bonds. The van der Waals surface area contributed by atoms with E-state index in [0.717, 1.165) is 11.1 Å². The summed E-state index contributed by atoms with van der Waals surface area (Å²) in [6.07, 6.45) is 1.98. The summed E-state index contributed by atoms with van der Waals surface area (Å²) in [5, 5.41) is 0. The molecule has 0 N–H and O–H groups in total. The van der Waals surface area contributed by atoms with Gasteiger partial charge in [-0.05, 0) is 26.3 Å². The maximum Gasteiger partial charge on any atom is 0.230 e. The van der Waals surface area contributed by atoms with Crippen molar-refractivity contribution in [3.05, 3.63) is 47.5 Å². The number of carbonyl (C=O) groups is 2. The van der Waals surface area contributed by atoms with Gasteiger partial charge in [0.15, 0.2) is 0 Å². The van der Waals surface area contributed by atoms with E-state index < -0.39 is 0 Å². The van der Waals surface area contributed by atoms with Crippen molar-refractivity contribution in [2.24, 2.45) is 0 Å². The van der Waals surface area contributed by atoms with E-state index in [9.17, 15) is 9.59 Å². The molecule has 0 unspecified atom stereocenters. The third-order valence-electron chi connectivity index (χ3n) is 2.69. The number of nitrogens with zero attached hydrogens (tertiary/aromatic N) is 1. The minimum Gasteiger partial charge on any atom is -0.334 e. The Morgan fingerprint density at radius 1 is 1.11 bits per heavy atom. The van der Waals surface area contributed by atoms with E-state index >= 15 is 0 Å². The predicted molar refractivity (Wildman–Crippen MR) is 76.6 cm³/mol. The molecule has 0 atom stereocenters. The maximum absolute atomic E-state index is 12.0. The third-order valence-corrected chi connectivity index (χ3v) is 2.69. The number of rotatable bonds is 6. The minimum atomic E-state index is -0.117. The van der Waals surface area contributed by atoms with Gasteiger partial charge in [0.2, 0.25) is 5.91 Å². The van der Waals surface area contributed by atoms with Crippen LogP contribution in [0.5, 0.6) is 0 Å². The quantitative estimate of drug-likeness (QED) is 0.582. The third kappa shape index (κ3) is 6.00. The molecule has 0 saturated heterocycles. The number of allylic oxidation sites excluding steroid dienone is 1. The second-order valence-corrected chi connectivity index (χ2v) is 4.92. The van der Waals surface area contributed by atoms with Crippen LogP contribution < -0.4 is 0 Å². The summed E-state index contributed by atoms with van der Waals surface area (Å²) in [7, 11) is 0. The number of hydrogen-bond donors (Lipinski definition) is 0. The van der Waals surface area contributed by atoms with Gasteiger partial charge in [-0.2, -0.15) is 0 Å². The van der Waals surface area contributed by atoms with Gasteiger partial charge in [-0.1, -0.05) is 42.0 Å². The molecule has 0 aromatic heterocycles. The molecule has 0 spiro atoms. The molecule has 0 aliphatic heterocycles. The molecular formula is C16H21NO2. The van der Waals surface area contributed by atoms with Crippen LogP contribution in [0.4, 0.5) is 0 Å². The van der Waals surface area contributed by atoms with E-state index in [1.165, 1.54) is 6.92 Å². The Bertz CT molecular complexity index is 459. The average molecular weight is 259 g/mol. The Labute approximate surface area is 114 Å². The van der Waals surface area contributed by atoms with Crippen LogP contribution in [0, 0.1) is 0 Å². The summed E-state index contributed by atoms with van der Waals surface area (Å²) in [5.41, 5.74) is 2.23. The van der Waals surface area contributed by atoms with E-state index in [4.69, 9.17) is 0 Å². The first-order valence-electron chi connectivity index (χ1n) is 6.43. The Balaban J connectivity index is 2.77. The normalized spacial score (nSPS) is 9.84. The molecule has 0 fully saturated rings. The van der Waals surface area contributed by atoms with Gasteiger partial charge in [0.25, 0.3) is 0 Å². The summed E-state index contributed by atoms with van der Waals surface area (Å²) < 4.78 is 0. The van der Waals surface area contributed by atoms with Crippen molar-refractivity contribution in [2.75, 3.05) is 6.54 Å². The molecule has 19 heavy (non-hydrogen) atoms. The second-order valence-electron chi connectivity index (χ2n) is 4.92. The molecule has 1 rings (SSSR count). The molecule has 1 aromatic carbocycles. The Kier molecular flexibility index (Phi) is 6.00. The highest BCUT2D eigenvalue weighted by Crippen LogP contribution is 2.07. The van der Waals surface area contributed by atoms with Crippen LogP contribution in [0.2, 0.25) is 0 Å². The van der Waals surface area contributed by atoms with E-state index in [-0.39, 0.29) is 18.1 Å². The molecule has 1 aromatic rings. The molecule has 0 saturated carbocycles. The number of amides is 1. The summed E-state index contributed by atoms with van der Waals surface area (Å²) in [5.74, 6) is -0.214. The van der Waals surface area contributed by atoms with Crippen molar-refractivity contribution < 1.29 is 9.59 Å². The summed E-state index contributed by atoms with van der Waals surface area (Å²) >= 11 is 0. The van der Waals surface area contributed by atoms with Gasteiger partial charge >= 0.3 is 0 Å².